The van der Waals surface area contributed by atoms with Crippen molar-refractivity contribution in [3.63, 3.8) is 0 Å². The van der Waals surface area contributed by atoms with Crippen LogP contribution in [0.5, 0.6) is 5.75 Å². The van der Waals surface area contributed by atoms with Crippen molar-refractivity contribution in [2.24, 2.45) is 7.05 Å². The van der Waals surface area contributed by atoms with Crippen LogP contribution in [0, 0.1) is 5.82 Å². The zero-order chi connectivity index (χ0) is 22.3. The molecule has 4 rings (SSSR count). The van der Waals surface area contributed by atoms with E-state index in [1.165, 1.54) is 22.9 Å². The monoisotopic (exact) mass is 430 g/mol. The number of alkyl halides is 2. The van der Waals surface area contributed by atoms with Crippen LogP contribution in [0.15, 0.2) is 47.4 Å². The molecule has 31 heavy (non-hydrogen) atoms. The van der Waals surface area contributed by atoms with E-state index in [-0.39, 0.29) is 47.0 Å². The van der Waals surface area contributed by atoms with E-state index in [1.54, 1.807) is 37.2 Å². The number of anilines is 1. The Morgan fingerprint density at radius 3 is 2.55 bits per heavy atom. The van der Waals surface area contributed by atoms with Gasteiger partial charge in [0.15, 0.2) is 5.82 Å². The standard InChI is InChI=1S/C22H21F3N4O2/c1-28-8-6-13(9-21(28)31)15-11-19(30)16(10-17(15)23)18-3-4-20(27-26-18)29(2)14-5-7-22(24,25)12-14/h3-4,6,8-11,14,30H,5,7,12H2,1-2H3/t14-/m0/s1. The van der Waals surface area contributed by atoms with Gasteiger partial charge in [-0.3, -0.25) is 4.79 Å². The summed E-state index contributed by atoms with van der Waals surface area (Å²) in [5.41, 5.74) is 0.510. The van der Waals surface area contributed by atoms with E-state index >= 15 is 0 Å². The van der Waals surface area contributed by atoms with Crippen LogP contribution in [-0.2, 0) is 7.05 Å². The minimum Gasteiger partial charge on any atom is -0.507 e. The Morgan fingerprint density at radius 2 is 1.94 bits per heavy atom. The van der Waals surface area contributed by atoms with Gasteiger partial charge in [0, 0.05) is 56.4 Å². The van der Waals surface area contributed by atoms with Gasteiger partial charge in [-0.05, 0) is 42.3 Å². The summed E-state index contributed by atoms with van der Waals surface area (Å²) in [4.78, 5) is 13.5. The summed E-state index contributed by atoms with van der Waals surface area (Å²) in [6.07, 6.45) is 1.50. The summed E-state index contributed by atoms with van der Waals surface area (Å²) >= 11 is 0. The molecule has 6 nitrogen and oxygen atoms in total. The van der Waals surface area contributed by atoms with Crippen molar-refractivity contribution in [3.05, 3.63) is 58.8 Å². The van der Waals surface area contributed by atoms with Crippen molar-refractivity contribution in [3.8, 4) is 28.1 Å². The van der Waals surface area contributed by atoms with Crippen molar-refractivity contribution in [2.45, 2.75) is 31.2 Å². The maximum Gasteiger partial charge on any atom is 0.250 e. The largest absolute Gasteiger partial charge is 0.507 e. The molecule has 0 unspecified atom stereocenters. The molecular weight excluding hydrogens is 409 g/mol. The first-order chi connectivity index (χ1) is 14.6. The first kappa shape index (κ1) is 20.9. The Balaban J connectivity index is 1.60. The quantitative estimate of drug-likeness (QED) is 0.678. The number of nitrogens with zero attached hydrogens (tertiary/aromatic N) is 4. The summed E-state index contributed by atoms with van der Waals surface area (Å²) in [6.45, 7) is 0. The Morgan fingerprint density at radius 1 is 1.16 bits per heavy atom. The lowest BCUT2D eigenvalue weighted by molar-refractivity contribution is 0.00786. The maximum absolute atomic E-state index is 14.8. The second-order valence-electron chi connectivity index (χ2n) is 7.85. The molecule has 3 aromatic rings. The molecule has 0 amide bonds. The molecule has 0 aliphatic heterocycles. The Labute approximate surface area is 176 Å². The van der Waals surface area contributed by atoms with Gasteiger partial charge in [-0.2, -0.15) is 0 Å². The van der Waals surface area contributed by atoms with Crippen LogP contribution < -0.4 is 10.5 Å². The molecule has 1 atom stereocenters. The van der Waals surface area contributed by atoms with Gasteiger partial charge in [0.2, 0.25) is 5.92 Å². The predicted molar refractivity (Wildman–Crippen MR) is 111 cm³/mol. The molecule has 0 radical (unpaired) electrons. The average molecular weight is 430 g/mol. The van der Waals surface area contributed by atoms with Gasteiger partial charge in [0.25, 0.3) is 5.56 Å². The average Bonchev–Trinajstić information content (AvgIpc) is 3.11. The number of pyridine rings is 1. The Hall–Kier alpha value is -3.36. The zero-order valence-electron chi connectivity index (χ0n) is 17.0. The van der Waals surface area contributed by atoms with Crippen molar-refractivity contribution in [1.29, 1.82) is 0 Å². The normalized spacial score (nSPS) is 17.6. The molecule has 1 aliphatic carbocycles. The predicted octanol–water partition coefficient (Wildman–Crippen LogP) is 3.98. The second-order valence-corrected chi connectivity index (χ2v) is 7.85. The molecule has 0 saturated heterocycles. The third-order valence-corrected chi connectivity index (χ3v) is 5.71. The number of hydrogen-bond donors (Lipinski definition) is 1. The van der Waals surface area contributed by atoms with Gasteiger partial charge in [-0.25, -0.2) is 13.2 Å². The highest BCUT2D eigenvalue weighted by molar-refractivity contribution is 5.74. The molecule has 2 aromatic heterocycles. The van der Waals surface area contributed by atoms with E-state index in [9.17, 15) is 23.1 Å². The number of aromatic hydroxyl groups is 1. The minimum atomic E-state index is -2.67. The van der Waals surface area contributed by atoms with E-state index in [0.29, 0.717) is 17.8 Å². The molecule has 0 bridgehead atoms. The van der Waals surface area contributed by atoms with E-state index in [1.807, 2.05) is 0 Å². The maximum atomic E-state index is 14.8. The topological polar surface area (TPSA) is 71.2 Å². The highest BCUT2D eigenvalue weighted by Gasteiger charge is 2.41. The van der Waals surface area contributed by atoms with Crippen LogP contribution in [0.3, 0.4) is 0 Å². The highest BCUT2D eigenvalue weighted by Crippen LogP contribution is 2.38. The summed E-state index contributed by atoms with van der Waals surface area (Å²) in [7, 11) is 3.27. The van der Waals surface area contributed by atoms with Crippen molar-refractivity contribution in [1.82, 2.24) is 14.8 Å². The van der Waals surface area contributed by atoms with Crippen LogP contribution in [-0.4, -0.2) is 38.9 Å². The number of halogens is 3. The molecule has 1 fully saturated rings. The number of phenols is 1. The lowest BCUT2D eigenvalue weighted by Crippen LogP contribution is -2.31. The van der Waals surface area contributed by atoms with E-state index < -0.39 is 11.7 Å². The first-order valence-electron chi connectivity index (χ1n) is 9.79. The van der Waals surface area contributed by atoms with Crippen LogP contribution >= 0.6 is 0 Å². The molecule has 1 saturated carbocycles. The van der Waals surface area contributed by atoms with Crippen LogP contribution in [0.25, 0.3) is 22.4 Å². The van der Waals surface area contributed by atoms with Gasteiger partial charge in [0.1, 0.15) is 11.6 Å². The highest BCUT2D eigenvalue weighted by atomic mass is 19.3. The minimum absolute atomic E-state index is 0.0884. The fraction of sp³-hybridized carbons (Fsp3) is 0.318. The first-order valence-corrected chi connectivity index (χ1v) is 9.79. The molecule has 0 spiro atoms. The number of hydrogen-bond acceptors (Lipinski definition) is 5. The SMILES string of the molecule is CN(c1ccc(-c2cc(F)c(-c3ccn(C)c(=O)c3)cc2O)nn1)[C@H]1CCC(F)(F)C1. The third kappa shape index (κ3) is 4.12. The van der Waals surface area contributed by atoms with Gasteiger partial charge < -0.3 is 14.6 Å². The van der Waals surface area contributed by atoms with Gasteiger partial charge >= 0.3 is 0 Å². The molecule has 2 heterocycles. The van der Waals surface area contributed by atoms with E-state index in [4.69, 9.17) is 0 Å². The summed E-state index contributed by atoms with van der Waals surface area (Å²) < 4.78 is 43.1. The zero-order valence-corrected chi connectivity index (χ0v) is 17.0. The van der Waals surface area contributed by atoms with Crippen LogP contribution in [0.4, 0.5) is 19.0 Å². The van der Waals surface area contributed by atoms with Crippen molar-refractivity contribution >= 4 is 5.82 Å². The summed E-state index contributed by atoms with van der Waals surface area (Å²) in [5.74, 6) is -3.09. The molecular formula is C22H21F3N4O2. The number of rotatable bonds is 4. The smallest absolute Gasteiger partial charge is 0.250 e. The van der Waals surface area contributed by atoms with Crippen molar-refractivity contribution < 1.29 is 18.3 Å². The van der Waals surface area contributed by atoms with Gasteiger partial charge in [-0.15, -0.1) is 10.2 Å². The molecule has 9 heteroatoms. The lowest BCUT2D eigenvalue weighted by atomic mass is 10.0. The second kappa shape index (κ2) is 7.72. The lowest BCUT2D eigenvalue weighted by Gasteiger charge is -2.25. The molecule has 1 aromatic carbocycles. The summed E-state index contributed by atoms with van der Waals surface area (Å²) in [5, 5.41) is 18.6. The van der Waals surface area contributed by atoms with Gasteiger partial charge in [0.05, 0.1) is 5.69 Å². The number of phenolic OH excluding ortho intramolecular Hbond substituents is 1. The van der Waals surface area contributed by atoms with E-state index in [2.05, 4.69) is 10.2 Å². The Kier molecular flexibility index (Phi) is 5.20. The van der Waals surface area contributed by atoms with Gasteiger partial charge in [-0.1, -0.05) is 0 Å². The Bertz CT molecular complexity index is 1180. The third-order valence-electron chi connectivity index (χ3n) is 5.71. The fourth-order valence-corrected chi connectivity index (χ4v) is 3.81. The summed E-state index contributed by atoms with van der Waals surface area (Å²) in [6, 6.07) is 8.06. The van der Waals surface area contributed by atoms with Crippen LogP contribution in [0.2, 0.25) is 0 Å². The molecule has 1 N–H and O–H groups in total. The number of benzene rings is 1. The number of aromatic nitrogens is 3. The molecule has 1 aliphatic rings. The van der Waals surface area contributed by atoms with E-state index in [0.717, 1.165) is 6.07 Å². The number of aryl methyl sites for hydroxylation is 1. The fourth-order valence-electron chi connectivity index (χ4n) is 3.81. The molecule has 162 valence electrons. The van der Waals surface area contributed by atoms with Crippen LogP contribution in [0.1, 0.15) is 19.3 Å². The van der Waals surface area contributed by atoms with Crippen molar-refractivity contribution in [2.75, 3.05) is 11.9 Å².